The first-order chi connectivity index (χ1) is 15.0. The monoisotopic (exact) mass is 432 g/mol. The van der Waals surface area contributed by atoms with Crippen LogP contribution in [0.3, 0.4) is 0 Å². The number of benzene rings is 3. The molecule has 5 nitrogen and oxygen atoms in total. The van der Waals surface area contributed by atoms with Crippen molar-refractivity contribution in [2.45, 2.75) is 13.1 Å². The molecule has 7 heteroatoms. The van der Waals surface area contributed by atoms with Crippen molar-refractivity contribution in [1.82, 2.24) is 4.98 Å². The maximum Gasteiger partial charge on any atom is 0.198 e. The highest BCUT2D eigenvalue weighted by molar-refractivity contribution is 6.44. The van der Waals surface area contributed by atoms with Gasteiger partial charge in [-0.2, -0.15) is 0 Å². The summed E-state index contributed by atoms with van der Waals surface area (Å²) in [6.07, 6.45) is 1.47. The van der Waals surface area contributed by atoms with Gasteiger partial charge in [0, 0.05) is 40.3 Å². The van der Waals surface area contributed by atoms with Crippen molar-refractivity contribution in [1.29, 1.82) is 0 Å². The van der Waals surface area contributed by atoms with Crippen LogP contribution in [-0.4, -0.2) is 16.6 Å². The van der Waals surface area contributed by atoms with Gasteiger partial charge in [0.05, 0.1) is 5.69 Å². The molecule has 0 saturated carbocycles. The van der Waals surface area contributed by atoms with Gasteiger partial charge >= 0.3 is 0 Å². The van der Waals surface area contributed by atoms with E-state index in [4.69, 9.17) is 11.6 Å². The van der Waals surface area contributed by atoms with Crippen LogP contribution < -0.4 is 9.91 Å². The van der Waals surface area contributed by atoms with Crippen LogP contribution in [-0.2, 0) is 4.79 Å². The SMILES string of the molecule is CC(=O)C1=NN(c2ccc(Cl)cc2)[C@H](c2c[nH]c3ccccc23)N1c1ccc(F)cc1. The number of nitrogens with one attached hydrogen (secondary N) is 1. The standard InChI is InChI=1S/C24H18ClFN4O/c1-15(31)23-28-30(19-10-6-16(25)7-11-19)24(29(23)18-12-8-17(26)9-13-18)21-14-27-22-5-3-2-4-20(21)22/h2-14,24,27H,1H3/t24-/m1/s1. The predicted molar refractivity (Wildman–Crippen MR) is 122 cm³/mol. The van der Waals surface area contributed by atoms with Gasteiger partial charge < -0.3 is 4.98 Å². The molecule has 1 aromatic heterocycles. The molecule has 0 aliphatic carbocycles. The van der Waals surface area contributed by atoms with E-state index in [-0.39, 0.29) is 17.4 Å². The van der Waals surface area contributed by atoms with Gasteiger partial charge in [-0.05, 0) is 54.6 Å². The Bertz CT molecular complexity index is 1300. The highest BCUT2D eigenvalue weighted by atomic mass is 35.5. The normalized spacial score (nSPS) is 16.1. The largest absolute Gasteiger partial charge is 0.361 e. The number of carbonyl (C=O) groups excluding carboxylic acids is 1. The first-order valence-corrected chi connectivity index (χ1v) is 10.2. The average Bonchev–Trinajstić information content (AvgIpc) is 3.36. The van der Waals surface area contributed by atoms with Crippen LogP contribution in [0, 0.1) is 5.82 Å². The molecule has 0 amide bonds. The number of hydrogen-bond donors (Lipinski definition) is 1. The maximum atomic E-state index is 13.6. The molecule has 0 saturated heterocycles. The molecule has 154 valence electrons. The van der Waals surface area contributed by atoms with Crippen LogP contribution in [0.15, 0.2) is 84.1 Å². The second-order valence-corrected chi connectivity index (χ2v) is 7.75. The van der Waals surface area contributed by atoms with Crippen molar-refractivity contribution in [3.05, 3.63) is 95.4 Å². The van der Waals surface area contributed by atoms with E-state index in [1.165, 1.54) is 19.1 Å². The third kappa shape index (κ3) is 3.35. The minimum absolute atomic E-state index is 0.189. The zero-order chi connectivity index (χ0) is 21.5. The van der Waals surface area contributed by atoms with Crippen LogP contribution in [0.25, 0.3) is 10.9 Å². The number of Topliss-reactive ketones (excluding diaryl/α,β-unsaturated/α-hetero) is 1. The molecule has 0 fully saturated rings. The molecule has 1 atom stereocenters. The Morgan fingerprint density at radius 3 is 2.39 bits per heavy atom. The number of hydrogen-bond acceptors (Lipinski definition) is 4. The van der Waals surface area contributed by atoms with Gasteiger partial charge in [-0.25, -0.2) is 9.40 Å². The molecule has 0 spiro atoms. The topological polar surface area (TPSA) is 51.7 Å². The predicted octanol–water partition coefficient (Wildman–Crippen LogP) is 5.89. The number of anilines is 2. The van der Waals surface area contributed by atoms with Crippen LogP contribution in [0.4, 0.5) is 15.8 Å². The molecule has 0 bridgehead atoms. The second kappa shape index (κ2) is 7.56. The van der Waals surface area contributed by atoms with E-state index in [9.17, 15) is 9.18 Å². The van der Waals surface area contributed by atoms with Crippen molar-refractivity contribution in [2.75, 3.05) is 9.91 Å². The molecular formula is C24H18ClFN4O. The Hall–Kier alpha value is -3.64. The van der Waals surface area contributed by atoms with E-state index < -0.39 is 6.17 Å². The number of amidine groups is 1. The van der Waals surface area contributed by atoms with Crippen LogP contribution >= 0.6 is 11.6 Å². The summed E-state index contributed by atoms with van der Waals surface area (Å²) in [6, 6.07) is 21.3. The molecule has 1 N–H and O–H groups in total. The summed E-state index contributed by atoms with van der Waals surface area (Å²) < 4.78 is 13.6. The lowest BCUT2D eigenvalue weighted by molar-refractivity contribution is -0.111. The van der Waals surface area contributed by atoms with E-state index in [2.05, 4.69) is 10.1 Å². The van der Waals surface area contributed by atoms with Crippen LogP contribution in [0.1, 0.15) is 18.7 Å². The van der Waals surface area contributed by atoms with Crippen molar-refractivity contribution in [2.24, 2.45) is 5.10 Å². The van der Waals surface area contributed by atoms with Crippen LogP contribution in [0.5, 0.6) is 0 Å². The minimum atomic E-state index is -0.457. The number of fused-ring (bicyclic) bond motifs is 1. The lowest BCUT2D eigenvalue weighted by atomic mass is 10.1. The minimum Gasteiger partial charge on any atom is -0.361 e. The Balaban J connectivity index is 1.73. The van der Waals surface area contributed by atoms with Gasteiger partial charge in [0.1, 0.15) is 5.82 Å². The zero-order valence-corrected chi connectivity index (χ0v) is 17.3. The Morgan fingerprint density at radius 2 is 1.68 bits per heavy atom. The number of ketones is 1. The Labute approximate surface area is 183 Å². The molecule has 2 heterocycles. The first kappa shape index (κ1) is 19.3. The lowest BCUT2D eigenvalue weighted by Gasteiger charge is -2.31. The van der Waals surface area contributed by atoms with E-state index in [0.717, 1.165) is 22.2 Å². The highest BCUT2D eigenvalue weighted by Gasteiger charge is 2.40. The Kier molecular flexibility index (Phi) is 4.71. The molecule has 1 aliphatic rings. The molecular weight excluding hydrogens is 415 g/mol. The highest BCUT2D eigenvalue weighted by Crippen LogP contribution is 2.41. The molecule has 1 aliphatic heterocycles. The molecule has 0 unspecified atom stereocenters. The van der Waals surface area contributed by atoms with Gasteiger partial charge in [-0.1, -0.05) is 29.8 Å². The Morgan fingerprint density at radius 1 is 1.00 bits per heavy atom. The summed E-state index contributed by atoms with van der Waals surface area (Å²) in [5.41, 5.74) is 3.36. The van der Waals surface area contributed by atoms with Crippen molar-refractivity contribution >= 4 is 45.5 Å². The molecule has 4 aromatic rings. The smallest absolute Gasteiger partial charge is 0.198 e. The van der Waals surface area contributed by atoms with E-state index in [1.54, 1.807) is 29.3 Å². The molecule has 0 radical (unpaired) electrons. The molecule has 3 aromatic carbocycles. The third-order valence-corrected chi connectivity index (χ3v) is 5.57. The number of H-pyrrole nitrogens is 1. The number of hydrazone groups is 1. The molecule has 5 rings (SSSR count). The average molecular weight is 433 g/mol. The number of aromatic nitrogens is 1. The first-order valence-electron chi connectivity index (χ1n) is 9.78. The van der Waals surface area contributed by atoms with Gasteiger partial charge in [-0.15, -0.1) is 5.10 Å². The third-order valence-electron chi connectivity index (χ3n) is 5.32. The number of rotatable bonds is 4. The lowest BCUT2D eigenvalue weighted by Crippen LogP contribution is -2.37. The van der Waals surface area contributed by atoms with Gasteiger partial charge in [0.15, 0.2) is 17.8 Å². The summed E-state index contributed by atoms with van der Waals surface area (Å²) in [4.78, 5) is 17.7. The number of halogens is 2. The molecule has 31 heavy (non-hydrogen) atoms. The van der Waals surface area contributed by atoms with Crippen LogP contribution in [0.2, 0.25) is 5.02 Å². The van der Waals surface area contributed by atoms with E-state index >= 15 is 0 Å². The fourth-order valence-corrected chi connectivity index (χ4v) is 4.03. The summed E-state index contributed by atoms with van der Waals surface area (Å²) in [5, 5.41) is 8.11. The fraction of sp³-hybridized carbons (Fsp3) is 0.0833. The fourth-order valence-electron chi connectivity index (χ4n) is 3.91. The van der Waals surface area contributed by atoms with Crippen molar-refractivity contribution < 1.29 is 9.18 Å². The summed E-state index contributed by atoms with van der Waals surface area (Å²) in [6.45, 7) is 1.48. The van der Waals surface area contributed by atoms with Crippen molar-refractivity contribution in [3.63, 3.8) is 0 Å². The van der Waals surface area contributed by atoms with E-state index in [0.29, 0.717) is 10.7 Å². The number of carbonyl (C=O) groups is 1. The number of nitrogens with zero attached hydrogens (tertiary/aromatic N) is 3. The summed E-state index contributed by atoms with van der Waals surface area (Å²) in [7, 11) is 0. The quantitative estimate of drug-likeness (QED) is 0.437. The number of aromatic amines is 1. The van der Waals surface area contributed by atoms with Gasteiger partial charge in [-0.3, -0.25) is 9.69 Å². The summed E-state index contributed by atoms with van der Waals surface area (Å²) in [5.74, 6) is -0.259. The zero-order valence-electron chi connectivity index (χ0n) is 16.6. The summed E-state index contributed by atoms with van der Waals surface area (Å²) >= 11 is 6.09. The van der Waals surface area contributed by atoms with Gasteiger partial charge in [0.25, 0.3) is 0 Å². The maximum absolute atomic E-state index is 13.6. The number of para-hydroxylation sites is 1. The van der Waals surface area contributed by atoms with E-state index in [1.807, 2.05) is 47.5 Å². The van der Waals surface area contributed by atoms with Crippen molar-refractivity contribution in [3.8, 4) is 0 Å². The van der Waals surface area contributed by atoms with Gasteiger partial charge in [0.2, 0.25) is 0 Å². The second-order valence-electron chi connectivity index (χ2n) is 7.31.